The summed E-state index contributed by atoms with van der Waals surface area (Å²) in [4.78, 5) is 5.24. The van der Waals surface area contributed by atoms with Crippen molar-refractivity contribution in [2.45, 2.75) is 38.8 Å². The van der Waals surface area contributed by atoms with Gasteiger partial charge in [0, 0.05) is 34.8 Å². The summed E-state index contributed by atoms with van der Waals surface area (Å²) in [5.41, 5.74) is 13.4. The lowest BCUT2D eigenvalue weighted by molar-refractivity contribution is 0.753. The maximum absolute atomic E-state index is 2.62. The predicted molar refractivity (Wildman–Crippen MR) is 115 cm³/mol. The van der Waals surface area contributed by atoms with Crippen LogP contribution in [0.25, 0.3) is 0 Å². The van der Waals surface area contributed by atoms with Gasteiger partial charge >= 0.3 is 0 Å². The maximum Gasteiger partial charge on any atom is 0.252 e. The van der Waals surface area contributed by atoms with Gasteiger partial charge in [0.25, 0.3) is 6.71 Å². The van der Waals surface area contributed by atoms with Crippen LogP contribution in [0.1, 0.15) is 25.0 Å². The van der Waals surface area contributed by atoms with Gasteiger partial charge in [-0.1, -0.05) is 42.5 Å². The number of rotatable bonds is 0. The molecule has 27 heavy (non-hydrogen) atoms. The minimum absolute atomic E-state index is 0.365. The Kier molecular flexibility index (Phi) is 2.45. The van der Waals surface area contributed by atoms with Crippen LogP contribution in [-0.4, -0.2) is 18.8 Å². The Morgan fingerprint density at radius 3 is 1.70 bits per heavy atom. The average molecular weight is 348 g/mol. The van der Waals surface area contributed by atoms with E-state index in [1.807, 2.05) is 0 Å². The van der Waals surface area contributed by atoms with Gasteiger partial charge in [0.1, 0.15) is 0 Å². The molecule has 0 N–H and O–H groups in total. The Bertz CT molecular complexity index is 1070. The average Bonchev–Trinajstić information content (AvgIpc) is 3.19. The van der Waals surface area contributed by atoms with Crippen molar-refractivity contribution in [3.05, 3.63) is 65.7 Å². The standard InChI is InChI=1S/C24H21BN2/c1-14-12-16-6-3-8-18-23(16)26(14)20-10-5-11-21-22(20)25(18)19-9-4-7-17-13-15(2)27(21)24(17)19/h3-11,14-15H,12-13H2,1-2H3. The zero-order chi connectivity index (χ0) is 17.9. The van der Waals surface area contributed by atoms with Crippen molar-refractivity contribution >= 4 is 45.9 Å². The van der Waals surface area contributed by atoms with Crippen LogP contribution < -0.4 is 26.2 Å². The Labute approximate surface area is 160 Å². The van der Waals surface area contributed by atoms with E-state index in [0.717, 1.165) is 12.8 Å². The van der Waals surface area contributed by atoms with Crippen LogP contribution in [0.3, 0.4) is 0 Å². The van der Waals surface area contributed by atoms with Crippen molar-refractivity contribution in [1.29, 1.82) is 0 Å². The van der Waals surface area contributed by atoms with Crippen LogP contribution in [0, 0.1) is 0 Å². The van der Waals surface area contributed by atoms with E-state index in [4.69, 9.17) is 0 Å². The molecule has 0 bridgehead atoms. The molecule has 2 nitrogen and oxygen atoms in total. The molecular formula is C24H21BN2. The monoisotopic (exact) mass is 348 g/mol. The summed E-state index contributed by atoms with van der Waals surface area (Å²) in [6.07, 6.45) is 2.29. The second kappa shape index (κ2) is 4.59. The summed E-state index contributed by atoms with van der Waals surface area (Å²) >= 11 is 0. The molecule has 3 heteroatoms. The van der Waals surface area contributed by atoms with Crippen LogP contribution in [0.5, 0.6) is 0 Å². The van der Waals surface area contributed by atoms with E-state index < -0.39 is 0 Å². The third kappa shape index (κ3) is 1.53. The maximum atomic E-state index is 2.62. The van der Waals surface area contributed by atoms with Crippen LogP contribution in [0.15, 0.2) is 54.6 Å². The van der Waals surface area contributed by atoms with E-state index in [-0.39, 0.29) is 0 Å². The normalized spacial score (nSPS) is 22.7. The van der Waals surface area contributed by atoms with Crippen LogP contribution in [0.2, 0.25) is 0 Å². The predicted octanol–water partition coefficient (Wildman–Crippen LogP) is 3.00. The van der Waals surface area contributed by atoms with Gasteiger partial charge in [0.15, 0.2) is 0 Å². The van der Waals surface area contributed by atoms with Gasteiger partial charge < -0.3 is 9.80 Å². The first kappa shape index (κ1) is 14.4. The molecule has 2 unspecified atom stereocenters. The highest BCUT2D eigenvalue weighted by Gasteiger charge is 2.47. The highest BCUT2D eigenvalue weighted by molar-refractivity contribution is 7.00. The molecule has 2 atom stereocenters. The molecule has 130 valence electrons. The summed E-state index contributed by atoms with van der Waals surface area (Å²) < 4.78 is 0. The molecule has 0 aromatic heterocycles. The summed E-state index contributed by atoms with van der Waals surface area (Å²) in [5, 5.41) is 0. The first-order valence-electron chi connectivity index (χ1n) is 10.2. The Hall–Kier alpha value is -2.68. The molecule has 0 saturated heterocycles. The van der Waals surface area contributed by atoms with Gasteiger partial charge in [0.2, 0.25) is 0 Å². The molecule has 0 saturated carbocycles. The van der Waals surface area contributed by atoms with E-state index in [0.29, 0.717) is 18.8 Å². The van der Waals surface area contributed by atoms with E-state index in [1.54, 1.807) is 0 Å². The minimum atomic E-state index is 0.365. The third-order valence-corrected chi connectivity index (χ3v) is 7.19. The zero-order valence-electron chi connectivity index (χ0n) is 15.7. The Balaban J connectivity index is 1.64. The summed E-state index contributed by atoms with van der Waals surface area (Å²) in [7, 11) is 0. The fourth-order valence-corrected chi connectivity index (χ4v) is 6.32. The fourth-order valence-electron chi connectivity index (χ4n) is 6.32. The van der Waals surface area contributed by atoms with Crippen LogP contribution in [-0.2, 0) is 12.8 Å². The molecule has 4 aliphatic heterocycles. The molecule has 0 spiro atoms. The molecule has 0 aliphatic carbocycles. The van der Waals surface area contributed by atoms with E-state index in [1.165, 1.54) is 50.3 Å². The smallest absolute Gasteiger partial charge is 0.252 e. The van der Waals surface area contributed by atoms with Crippen molar-refractivity contribution in [1.82, 2.24) is 0 Å². The third-order valence-electron chi connectivity index (χ3n) is 7.19. The van der Waals surface area contributed by atoms with Crippen molar-refractivity contribution < 1.29 is 0 Å². The second-order valence-corrected chi connectivity index (χ2v) is 8.70. The van der Waals surface area contributed by atoms with Gasteiger partial charge in [-0.25, -0.2) is 0 Å². The first-order chi connectivity index (χ1) is 13.2. The molecule has 4 heterocycles. The van der Waals surface area contributed by atoms with Gasteiger partial charge in [-0.2, -0.15) is 0 Å². The lowest BCUT2D eigenvalue weighted by atomic mass is 9.33. The second-order valence-electron chi connectivity index (χ2n) is 8.70. The quantitative estimate of drug-likeness (QED) is 0.577. The number of hydrogen-bond donors (Lipinski definition) is 0. The largest absolute Gasteiger partial charge is 0.339 e. The number of hydrogen-bond acceptors (Lipinski definition) is 2. The minimum Gasteiger partial charge on any atom is -0.339 e. The Morgan fingerprint density at radius 1 is 0.704 bits per heavy atom. The number of benzene rings is 3. The SMILES string of the molecule is CC1Cc2cccc3c2N1c1cccc2c1B3c1cccc3c1N2C(C)C3. The molecule has 0 amide bonds. The fraction of sp³-hybridized carbons (Fsp3) is 0.250. The van der Waals surface area contributed by atoms with Gasteiger partial charge in [-0.3, -0.25) is 0 Å². The van der Waals surface area contributed by atoms with Crippen molar-refractivity contribution in [2.24, 2.45) is 0 Å². The summed E-state index contributed by atoms with van der Waals surface area (Å²) in [6, 6.07) is 22.0. The van der Waals surface area contributed by atoms with Crippen LogP contribution in [0.4, 0.5) is 22.7 Å². The number of anilines is 4. The van der Waals surface area contributed by atoms with E-state index in [9.17, 15) is 0 Å². The van der Waals surface area contributed by atoms with Gasteiger partial charge in [-0.05, 0) is 66.3 Å². The van der Waals surface area contributed by atoms with Crippen LogP contribution >= 0.6 is 0 Å². The van der Waals surface area contributed by atoms with E-state index >= 15 is 0 Å². The lowest BCUT2D eigenvalue weighted by Crippen LogP contribution is -2.62. The van der Waals surface area contributed by atoms with Gasteiger partial charge in [0.05, 0.1) is 0 Å². The number of fused-ring (bicyclic) bond motifs is 4. The topological polar surface area (TPSA) is 6.48 Å². The molecule has 0 radical (unpaired) electrons. The molecule has 3 aromatic carbocycles. The first-order valence-corrected chi connectivity index (χ1v) is 10.2. The number of nitrogens with zero attached hydrogens (tertiary/aromatic N) is 2. The zero-order valence-corrected chi connectivity index (χ0v) is 15.7. The molecule has 3 aromatic rings. The highest BCUT2D eigenvalue weighted by atomic mass is 15.2. The van der Waals surface area contributed by atoms with Crippen molar-refractivity contribution in [3.63, 3.8) is 0 Å². The summed E-state index contributed by atoms with van der Waals surface area (Å²) in [6.45, 7) is 5.11. The van der Waals surface area contributed by atoms with Crippen molar-refractivity contribution in [2.75, 3.05) is 9.80 Å². The van der Waals surface area contributed by atoms with Gasteiger partial charge in [-0.15, -0.1) is 0 Å². The molecule has 4 aliphatic rings. The molecule has 7 rings (SSSR count). The molecular weight excluding hydrogens is 327 g/mol. The molecule has 0 fully saturated rings. The van der Waals surface area contributed by atoms with Crippen molar-refractivity contribution in [3.8, 4) is 0 Å². The Morgan fingerprint density at radius 2 is 1.19 bits per heavy atom. The van der Waals surface area contributed by atoms with E-state index in [2.05, 4.69) is 78.2 Å². The number of para-hydroxylation sites is 2. The lowest BCUT2D eigenvalue weighted by Gasteiger charge is -2.43. The highest BCUT2D eigenvalue weighted by Crippen LogP contribution is 2.46. The summed E-state index contributed by atoms with van der Waals surface area (Å²) in [5.74, 6) is 0.